The largest absolute Gasteiger partial charge is 0.393 e. The van der Waals surface area contributed by atoms with Crippen molar-refractivity contribution in [3.05, 3.63) is 0 Å². The van der Waals surface area contributed by atoms with Crippen molar-refractivity contribution in [1.29, 1.82) is 0 Å². The molecule has 0 radical (unpaired) electrons. The molecular weight excluding hydrogens is 244 g/mol. The predicted octanol–water partition coefficient (Wildman–Crippen LogP) is 2.78. The maximum absolute atomic E-state index is 12.1. The number of hydrogen-bond donors (Lipinski definition) is 2. The van der Waals surface area contributed by atoms with Crippen LogP contribution in [0.15, 0.2) is 0 Å². The summed E-state index contributed by atoms with van der Waals surface area (Å²) in [4.78, 5) is 12.4. The molecule has 4 heteroatoms. The van der Waals surface area contributed by atoms with Gasteiger partial charge < -0.3 is 11.1 Å². The first-order valence-electron chi connectivity index (χ1n) is 7.11. The summed E-state index contributed by atoms with van der Waals surface area (Å²) in [7, 11) is 0. The van der Waals surface area contributed by atoms with E-state index < -0.39 is 0 Å². The summed E-state index contributed by atoms with van der Waals surface area (Å²) in [6, 6.07) is 0. The molecule has 3 nitrogen and oxygen atoms in total. The summed E-state index contributed by atoms with van der Waals surface area (Å²) >= 11 is 4.98. The second-order valence-electron chi connectivity index (χ2n) is 5.52. The molecule has 104 valence electrons. The van der Waals surface area contributed by atoms with E-state index in [0.717, 1.165) is 25.8 Å². The van der Waals surface area contributed by atoms with E-state index in [-0.39, 0.29) is 11.8 Å². The van der Waals surface area contributed by atoms with Crippen molar-refractivity contribution in [3.63, 3.8) is 0 Å². The fourth-order valence-corrected chi connectivity index (χ4v) is 3.09. The summed E-state index contributed by atoms with van der Waals surface area (Å²) < 4.78 is 0. The summed E-state index contributed by atoms with van der Waals surface area (Å²) in [6.45, 7) is 5.04. The number of carbonyl (C=O) groups is 1. The monoisotopic (exact) mass is 270 g/mol. The number of nitrogens with two attached hydrogens (primary N) is 1. The average molecular weight is 270 g/mol. The van der Waals surface area contributed by atoms with Crippen LogP contribution < -0.4 is 11.1 Å². The van der Waals surface area contributed by atoms with E-state index in [1.54, 1.807) is 0 Å². The van der Waals surface area contributed by atoms with Crippen molar-refractivity contribution in [1.82, 2.24) is 5.32 Å². The highest BCUT2D eigenvalue weighted by molar-refractivity contribution is 7.80. The van der Waals surface area contributed by atoms with Crippen molar-refractivity contribution in [2.45, 2.75) is 58.8 Å². The second-order valence-corrected chi connectivity index (χ2v) is 5.99. The first-order chi connectivity index (χ1) is 8.54. The Morgan fingerprint density at radius 1 is 1.39 bits per heavy atom. The van der Waals surface area contributed by atoms with E-state index in [0.29, 0.717) is 10.4 Å². The molecule has 0 heterocycles. The Labute approximate surface area is 116 Å². The third-order valence-corrected chi connectivity index (χ3v) is 4.57. The molecule has 0 aliphatic heterocycles. The molecule has 1 fully saturated rings. The second kappa shape index (κ2) is 7.07. The standard InChI is InChI=1S/C14H26N2OS/c1-3-7-11(12(15)18)13(17)16-10-14(4-2)8-5-6-9-14/h11H,3-10H2,1-2H3,(H2,15,18)(H,16,17). The number of carbonyl (C=O) groups excluding carboxylic acids is 1. The third-order valence-electron chi connectivity index (χ3n) is 4.29. The highest BCUT2D eigenvalue weighted by Gasteiger charge is 2.33. The zero-order chi connectivity index (χ0) is 13.6. The van der Waals surface area contributed by atoms with Gasteiger partial charge in [0, 0.05) is 6.54 Å². The van der Waals surface area contributed by atoms with Gasteiger partial charge in [0.2, 0.25) is 5.91 Å². The molecule has 1 unspecified atom stereocenters. The Kier molecular flexibility index (Phi) is 6.06. The summed E-state index contributed by atoms with van der Waals surface area (Å²) in [6.07, 6.45) is 7.85. The van der Waals surface area contributed by atoms with E-state index in [1.807, 2.05) is 6.92 Å². The fraction of sp³-hybridized carbons (Fsp3) is 0.857. The molecule has 0 aromatic rings. The molecule has 0 aromatic carbocycles. The van der Waals surface area contributed by atoms with Crippen LogP contribution in [0.3, 0.4) is 0 Å². The molecule has 1 aliphatic carbocycles. The minimum absolute atomic E-state index is 0.0177. The number of nitrogens with one attached hydrogen (secondary N) is 1. The zero-order valence-corrected chi connectivity index (χ0v) is 12.4. The number of thiocarbonyl (C=S) groups is 1. The minimum atomic E-state index is -0.291. The number of hydrogen-bond acceptors (Lipinski definition) is 2. The quantitative estimate of drug-likeness (QED) is 0.699. The predicted molar refractivity (Wildman–Crippen MR) is 79.4 cm³/mol. The summed E-state index contributed by atoms with van der Waals surface area (Å²) in [5.41, 5.74) is 5.97. The zero-order valence-electron chi connectivity index (χ0n) is 11.6. The van der Waals surface area contributed by atoms with Crippen LogP contribution in [0.1, 0.15) is 58.8 Å². The first-order valence-corrected chi connectivity index (χ1v) is 7.52. The van der Waals surface area contributed by atoms with Crippen LogP contribution in [0.5, 0.6) is 0 Å². The first kappa shape index (κ1) is 15.4. The molecule has 1 rings (SSSR count). The van der Waals surface area contributed by atoms with Gasteiger partial charge in [0.05, 0.1) is 10.9 Å². The fourth-order valence-electron chi connectivity index (χ4n) is 2.87. The van der Waals surface area contributed by atoms with Crippen LogP contribution in [-0.2, 0) is 4.79 Å². The third kappa shape index (κ3) is 3.94. The van der Waals surface area contributed by atoms with Gasteiger partial charge in [0.25, 0.3) is 0 Å². The maximum atomic E-state index is 12.1. The molecule has 1 saturated carbocycles. The molecule has 0 bridgehead atoms. The van der Waals surface area contributed by atoms with Crippen molar-refractivity contribution in [3.8, 4) is 0 Å². The molecule has 18 heavy (non-hydrogen) atoms. The van der Waals surface area contributed by atoms with Gasteiger partial charge in [0.15, 0.2) is 0 Å². The summed E-state index contributed by atoms with van der Waals surface area (Å²) in [5.74, 6) is -0.274. The molecule has 0 aromatic heterocycles. The molecule has 1 atom stereocenters. The topological polar surface area (TPSA) is 55.1 Å². The highest BCUT2D eigenvalue weighted by atomic mass is 32.1. The van der Waals surface area contributed by atoms with Gasteiger partial charge in [-0.05, 0) is 31.1 Å². The summed E-state index contributed by atoms with van der Waals surface area (Å²) in [5, 5.41) is 3.08. The van der Waals surface area contributed by atoms with E-state index >= 15 is 0 Å². The van der Waals surface area contributed by atoms with Gasteiger partial charge in [-0.3, -0.25) is 4.79 Å². The Hall–Kier alpha value is -0.640. The molecule has 1 amide bonds. The highest BCUT2D eigenvalue weighted by Crippen LogP contribution is 2.40. The van der Waals surface area contributed by atoms with Crippen LogP contribution in [0, 0.1) is 11.3 Å². The molecule has 3 N–H and O–H groups in total. The Balaban J connectivity index is 2.50. The van der Waals surface area contributed by atoms with Gasteiger partial charge in [-0.1, -0.05) is 45.3 Å². The lowest BCUT2D eigenvalue weighted by atomic mass is 9.83. The molecule has 0 spiro atoms. The molecular formula is C14H26N2OS. The Morgan fingerprint density at radius 2 is 2.00 bits per heavy atom. The normalized spacial score (nSPS) is 19.4. The van der Waals surface area contributed by atoms with Gasteiger partial charge >= 0.3 is 0 Å². The van der Waals surface area contributed by atoms with Crippen LogP contribution in [-0.4, -0.2) is 17.4 Å². The van der Waals surface area contributed by atoms with Crippen LogP contribution in [0.4, 0.5) is 0 Å². The number of rotatable bonds is 7. The SMILES string of the molecule is CCCC(C(=O)NCC1(CC)CCCC1)C(N)=S. The van der Waals surface area contributed by atoms with Gasteiger partial charge in [-0.25, -0.2) is 0 Å². The van der Waals surface area contributed by atoms with Gasteiger partial charge in [-0.15, -0.1) is 0 Å². The van der Waals surface area contributed by atoms with E-state index in [1.165, 1.54) is 25.7 Å². The van der Waals surface area contributed by atoms with E-state index in [4.69, 9.17) is 18.0 Å². The van der Waals surface area contributed by atoms with Crippen LogP contribution >= 0.6 is 12.2 Å². The van der Waals surface area contributed by atoms with Gasteiger partial charge in [0.1, 0.15) is 0 Å². The lowest BCUT2D eigenvalue weighted by Gasteiger charge is -2.28. The van der Waals surface area contributed by atoms with Crippen molar-refractivity contribution in [2.75, 3.05) is 6.54 Å². The average Bonchev–Trinajstić information content (AvgIpc) is 2.82. The number of amides is 1. The lowest BCUT2D eigenvalue weighted by molar-refractivity contribution is -0.123. The van der Waals surface area contributed by atoms with Crippen molar-refractivity contribution < 1.29 is 4.79 Å². The van der Waals surface area contributed by atoms with Crippen molar-refractivity contribution in [2.24, 2.45) is 17.1 Å². The molecule has 0 saturated heterocycles. The van der Waals surface area contributed by atoms with Crippen LogP contribution in [0.25, 0.3) is 0 Å². The van der Waals surface area contributed by atoms with E-state index in [9.17, 15) is 4.79 Å². The molecule has 1 aliphatic rings. The van der Waals surface area contributed by atoms with Crippen LogP contribution in [0.2, 0.25) is 0 Å². The smallest absolute Gasteiger partial charge is 0.229 e. The lowest BCUT2D eigenvalue weighted by Crippen LogP contribution is -2.42. The minimum Gasteiger partial charge on any atom is -0.393 e. The van der Waals surface area contributed by atoms with E-state index in [2.05, 4.69) is 12.2 Å². The van der Waals surface area contributed by atoms with Crippen molar-refractivity contribution >= 4 is 23.1 Å². The Morgan fingerprint density at radius 3 is 2.44 bits per heavy atom. The maximum Gasteiger partial charge on any atom is 0.229 e. The van der Waals surface area contributed by atoms with Gasteiger partial charge in [-0.2, -0.15) is 0 Å². The Bertz CT molecular complexity index is 298.